The van der Waals surface area contributed by atoms with Crippen LogP contribution in [0.3, 0.4) is 0 Å². The Hall–Kier alpha value is -1.59. The van der Waals surface area contributed by atoms with Gasteiger partial charge in [0.15, 0.2) is 0 Å². The predicted molar refractivity (Wildman–Crippen MR) is 37.8 cm³/mol. The Morgan fingerprint density at radius 3 is 2.31 bits per heavy atom. The Kier molecular flexibility index (Phi) is 2.22. The SMILES string of the molecule is NC(=O)c1ccc(C(F)(F)F)nc1. The Balaban J connectivity index is 3.01. The topological polar surface area (TPSA) is 56.0 Å². The highest BCUT2D eigenvalue weighted by atomic mass is 19.4. The lowest BCUT2D eigenvalue weighted by Crippen LogP contribution is -2.13. The van der Waals surface area contributed by atoms with Crippen LogP contribution in [0, 0.1) is 0 Å². The fraction of sp³-hybridized carbons (Fsp3) is 0.143. The quantitative estimate of drug-likeness (QED) is 0.723. The summed E-state index contributed by atoms with van der Waals surface area (Å²) in [4.78, 5) is 13.5. The zero-order valence-corrected chi connectivity index (χ0v) is 6.30. The summed E-state index contributed by atoms with van der Waals surface area (Å²) < 4.78 is 35.8. The van der Waals surface area contributed by atoms with Crippen molar-refractivity contribution < 1.29 is 18.0 Å². The standard InChI is InChI=1S/C7H5F3N2O/c8-7(9,10)5-2-1-4(3-12-5)6(11)13/h1-3H,(H2,11,13). The predicted octanol–water partition coefficient (Wildman–Crippen LogP) is 1.20. The lowest BCUT2D eigenvalue weighted by Gasteiger charge is -2.04. The van der Waals surface area contributed by atoms with Crippen LogP contribution < -0.4 is 5.73 Å². The fourth-order valence-electron chi connectivity index (χ4n) is 0.707. The number of amides is 1. The number of pyridine rings is 1. The number of primary amides is 1. The maximum Gasteiger partial charge on any atom is 0.433 e. The Bertz CT molecular complexity index is 318. The number of rotatable bonds is 1. The molecule has 0 aromatic carbocycles. The molecule has 1 amide bonds. The lowest BCUT2D eigenvalue weighted by atomic mass is 10.2. The monoisotopic (exact) mass is 190 g/mol. The van der Waals surface area contributed by atoms with E-state index >= 15 is 0 Å². The molecule has 0 fully saturated rings. The van der Waals surface area contributed by atoms with Crippen molar-refractivity contribution in [1.29, 1.82) is 0 Å². The first-order chi connectivity index (χ1) is 5.91. The number of nitrogens with zero attached hydrogens (tertiary/aromatic N) is 1. The molecular weight excluding hydrogens is 185 g/mol. The minimum atomic E-state index is -4.49. The van der Waals surface area contributed by atoms with Crippen LogP contribution in [-0.4, -0.2) is 10.9 Å². The second-order valence-corrected chi connectivity index (χ2v) is 2.29. The molecule has 0 spiro atoms. The fourth-order valence-corrected chi connectivity index (χ4v) is 0.707. The highest BCUT2D eigenvalue weighted by molar-refractivity contribution is 5.92. The van der Waals surface area contributed by atoms with Gasteiger partial charge < -0.3 is 5.73 Å². The second kappa shape index (κ2) is 3.04. The summed E-state index contributed by atoms with van der Waals surface area (Å²) in [5, 5.41) is 0. The van der Waals surface area contributed by atoms with Crippen molar-refractivity contribution in [3.8, 4) is 0 Å². The highest BCUT2D eigenvalue weighted by Gasteiger charge is 2.32. The van der Waals surface area contributed by atoms with E-state index in [-0.39, 0.29) is 5.56 Å². The maximum absolute atomic E-state index is 11.9. The van der Waals surface area contributed by atoms with E-state index in [0.717, 1.165) is 12.3 Å². The summed E-state index contributed by atoms with van der Waals surface area (Å²) >= 11 is 0. The van der Waals surface area contributed by atoms with Crippen molar-refractivity contribution in [2.75, 3.05) is 0 Å². The number of carbonyl (C=O) groups excluding carboxylic acids is 1. The van der Waals surface area contributed by atoms with Crippen LogP contribution in [0.2, 0.25) is 0 Å². The van der Waals surface area contributed by atoms with E-state index in [2.05, 4.69) is 4.98 Å². The van der Waals surface area contributed by atoms with Gasteiger partial charge in [0.25, 0.3) is 0 Å². The normalized spacial score (nSPS) is 11.3. The number of hydrogen-bond acceptors (Lipinski definition) is 2. The Morgan fingerprint density at radius 2 is 2.00 bits per heavy atom. The molecule has 13 heavy (non-hydrogen) atoms. The summed E-state index contributed by atoms with van der Waals surface area (Å²) in [6, 6.07) is 1.69. The summed E-state index contributed by atoms with van der Waals surface area (Å²) in [5.41, 5.74) is 3.72. The smallest absolute Gasteiger partial charge is 0.366 e. The van der Waals surface area contributed by atoms with Crippen molar-refractivity contribution in [2.24, 2.45) is 5.73 Å². The van der Waals surface area contributed by atoms with Crippen molar-refractivity contribution in [3.05, 3.63) is 29.6 Å². The zero-order chi connectivity index (χ0) is 10.1. The van der Waals surface area contributed by atoms with E-state index in [1.54, 1.807) is 0 Å². The number of nitrogens with two attached hydrogens (primary N) is 1. The first-order valence-electron chi connectivity index (χ1n) is 3.24. The van der Waals surface area contributed by atoms with E-state index in [9.17, 15) is 18.0 Å². The summed E-state index contributed by atoms with van der Waals surface area (Å²) in [6.45, 7) is 0. The third kappa shape index (κ3) is 2.17. The van der Waals surface area contributed by atoms with E-state index in [4.69, 9.17) is 5.73 Å². The summed E-state index contributed by atoms with van der Waals surface area (Å²) in [7, 11) is 0. The van der Waals surface area contributed by atoms with Gasteiger partial charge in [-0.1, -0.05) is 0 Å². The van der Waals surface area contributed by atoms with Crippen LogP contribution in [0.5, 0.6) is 0 Å². The van der Waals surface area contributed by atoms with Crippen LogP contribution in [0.25, 0.3) is 0 Å². The van der Waals surface area contributed by atoms with Crippen LogP contribution in [0.1, 0.15) is 16.1 Å². The van der Waals surface area contributed by atoms with Gasteiger partial charge in [-0.3, -0.25) is 9.78 Å². The second-order valence-electron chi connectivity index (χ2n) is 2.29. The highest BCUT2D eigenvalue weighted by Crippen LogP contribution is 2.26. The molecule has 1 aromatic rings. The number of hydrogen-bond donors (Lipinski definition) is 1. The maximum atomic E-state index is 11.9. The first-order valence-corrected chi connectivity index (χ1v) is 3.24. The van der Waals surface area contributed by atoms with Crippen LogP contribution in [-0.2, 0) is 6.18 Å². The molecule has 0 saturated heterocycles. The number of carbonyl (C=O) groups is 1. The van der Waals surface area contributed by atoms with Gasteiger partial charge in [-0.05, 0) is 12.1 Å². The molecule has 0 aliphatic carbocycles. The van der Waals surface area contributed by atoms with E-state index < -0.39 is 17.8 Å². The zero-order valence-electron chi connectivity index (χ0n) is 6.30. The molecule has 0 unspecified atom stereocenters. The van der Waals surface area contributed by atoms with Gasteiger partial charge in [0.05, 0.1) is 5.56 Å². The molecule has 1 rings (SSSR count). The number of alkyl halides is 3. The molecule has 0 atom stereocenters. The molecule has 0 saturated carbocycles. The Labute approximate surface area is 71.4 Å². The van der Waals surface area contributed by atoms with Gasteiger partial charge in [0.1, 0.15) is 5.69 Å². The molecular formula is C7H5F3N2O. The van der Waals surface area contributed by atoms with Crippen molar-refractivity contribution in [3.63, 3.8) is 0 Å². The molecule has 70 valence electrons. The largest absolute Gasteiger partial charge is 0.433 e. The molecule has 0 aliphatic heterocycles. The molecule has 0 bridgehead atoms. The number of halogens is 3. The molecule has 6 heteroatoms. The molecule has 1 aromatic heterocycles. The average Bonchev–Trinajstić information content (AvgIpc) is 2.03. The summed E-state index contributed by atoms with van der Waals surface area (Å²) in [6.07, 6.45) is -3.69. The van der Waals surface area contributed by atoms with Gasteiger partial charge >= 0.3 is 6.18 Å². The molecule has 0 aliphatic rings. The average molecular weight is 190 g/mol. The first kappa shape index (κ1) is 9.50. The lowest BCUT2D eigenvalue weighted by molar-refractivity contribution is -0.141. The third-order valence-corrected chi connectivity index (χ3v) is 1.34. The minimum absolute atomic E-state index is 0.0481. The van der Waals surface area contributed by atoms with Gasteiger partial charge in [-0.25, -0.2) is 0 Å². The molecule has 0 radical (unpaired) electrons. The molecule has 3 nitrogen and oxygen atoms in total. The van der Waals surface area contributed by atoms with E-state index in [0.29, 0.717) is 6.07 Å². The molecule has 2 N–H and O–H groups in total. The van der Waals surface area contributed by atoms with Gasteiger partial charge in [0, 0.05) is 6.20 Å². The minimum Gasteiger partial charge on any atom is -0.366 e. The Morgan fingerprint density at radius 1 is 1.38 bits per heavy atom. The van der Waals surface area contributed by atoms with Crippen molar-refractivity contribution in [1.82, 2.24) is 4.98 Å². The van der Waals surface area contributed by atoms with E-state index in [1.807, 2.05) is 0 Å². The van der Waals surface area contributed by atoms with Crippen molar-refractivity contribution >= 4 is 5.91 Å². The van der Waals surface area contributed by atoms with Crippen LogP contribution in [0.15, 0.2) is 18.3 Å². The number of aromatic nitrogens is 1. The van der Waals surface area contributed by atoms with Crippen molar-refractivity contribution in [2.45, 2.75) is 6.18 Å². The third-order valence-electron chi connectivity index (χ3n) is 1.34. The summed E-state index contributed by atoms with van der Waals surface area (Å²) in [5.74, 6) is -0.804. The van der Waals surface area contributed by atoms with Gasteiger partial charge in [-0.15, -0.1) is 0 Å². The van der Waals surface area contributed by atoms with Crippen LogP contribution in [0.4, 0.5) is 13.2 Å². The van der Waals surface area contributed by atoms with Crippen LogP contribution >= 0.6 is 0 Å². The van der Waals surface area contributed by atoms with Gasteiger partial charge in [-0.2, -0.15) is 13.2 Å². The van der Waals surface area contributed by atoms with Gasteiger partial charge in [0.2, 0.25) is 5.91 Å². The van der Waals surface area contributed by atoms with E-state index in [1.165, 1.54) is 0 Å². The molecule has 1 heterocycles.